The van der Waals surface area contributed by atoms with Crippen LogP contribution in [0.4, 0.5) is 0 Å². The van der Waals surface area contributed by atoms with E-state index in [4.69, 9.17) is 10.5 Å². The first-order valence-electron chi connectivity index (χ1n) is 9.14. The van der Waals surface area contributed by atoms with E-state index in [9.17, 15) is 5.26 Å². The normalized spacial score (nSPS) is 18.6. The highest BCUT2D eigenvalue weighted by molar-refractivity contribution is 5.84. The number of rotatable bonds is 1. The molecule has 3 heteroatoms. The number of nitriles is 1. The molecule has 130 valence electrons. The Hall–Kier alpha value is -3.51. The number of benzene rings is 3. The first-order valence-corrected chi connectivity index (χ1v) is 9.14. The Balaban J connectivity index is 1.73. The molecule has 2 aliphatic rings. The molecule has 1 aliphatic carbocycles. The van der Waals surface area contributed by atoms with Gasteiger partial charge < -0.3 is 10.5 Å². The molecule has 0 fully saturated rings. The van der Waals surface area contributed by atoms with Crippen molar-refractivity contribution in [2.45, 2.75) is 18.8 Å². The van der Waals surface area contributed by atoms with Gasteiger partial charge in [0.2, 0.25) is 5.88 Å². The second-order valence-corrected chi connectivity index (χ2v) is 7.04. The van der Waals surface area contributed by atoms with Crippen LogP contribution in [0.1, 0.15) is 29.0 Å². The molecule has 0 aromatic heterocycles. The Kier molecular flexibility index (Phi) is 3.51. The van der Waals surface area contributed by atoms with Crippen LogP contribution in [-0.2, 0) is 11.2 Å². The van der Waals surface area contributed by atoms with E-state index in [2.05, 4.69) is 48.5 Å². The summed E-state index contributed by atoms with van der Waals surface area (Å²) in [5.41, 5.74) is 11.3. The van der Waals surface area contributed by atoms with E-state index in [1.54, 1.807) is 0 Å². The fourth-order valence-electron chi connectivity index (χ4n) is 4.27. The van der Waals surface area contributed by atoms with Gasteiger partial charge in [0.15, 0.2) is 0 Å². The number of hydrogen-bond acceptors (Lipinski definition) is 3. The van der Waals surface area contributed by atoms with Crippen LogP contribution in [0.3, 0.4) is 0 Å². The number of nitrogens with zero attached hydrogens (tertiary/aromatic N) is 1. The second kappa shape index (κ2) is 6.03. The topological polar surface area (TPSA) is 59.0 Å². The highest BCUT2D eigenvalue weighted by Gasteiger charge is 2.35. The van der Waals surface area contributed by atoms with Crippen molar-refractivity contribution >= 4 is 16.5 Å². The average Bonchev–Trinajstić information content (AvgIpc) is 2.72. The van der Waals surface area contributed by atoms with Crippen LogP contribution in [0.5, 0.6) is 0 Å². The van der Waals surface area contributed by atoms with E-state index < -0.39 is 0 Å². The predicted molar refractivity (Wildman–Crippen MR) is 106 cm³/mol. The summed E-state index contributed by atoms with van der Waals surface area (Å²) in [6.45, 7) is 0. The lowest BCUT2D eigenvalue weighted by atomic mass is 9.76. The summed E-state index contributed by atoms with van der Waals surface area (Å²) in [4.78, 5) is 0. The maximum Gasteiger partial charge on any atom is 0.205 e. The third kappa shape index (κ3) is 2.42. The SMILES string of the molecule is N#CC1=C(N)OC2=C(CCc3ccccc32)C1c1ccc2ccccc2c1. The first kappa shape index (κ1) is 15.7. The van der Waals surface area contributed by atoms with Gasteiger partial charge in [-0.15, -0.1) is 0 Å². The molecule has 0 saturated carbocycles. The second-order valence-electron chi connectivity index (χ2n) is 7.04. The van der Waals surface area contributed by atoms with E-state index >= 15 is 0 Å². The van der Waals surface area contributed by atoms with Crippen LogP contribution < -0.4 is 5.73 Å². The standard InChI is InChI=1S/C24H18N2O/c25-14-21-22(18-10-9-15-5-1-2-7-17(15)13-18)20-12-11-16-6-3-4-8-19(16)23(20)27-24(21)26/h1-10,13,22H,11-12,26H2. The highest BCUT2D eigenvalue weighted by atomic mass is 16.5. The van der Waals surface area contributed by atoms with Gasteiger partial charge in [-0.1, -0.05) is 66.7 Å². The molecule has 1 unspecified atom stereocenters. The van der Waals surface area contributed by atoms with E-state index in [-0.39, 0.29) is 11.8 Å². The van der Waals surface area contributed by atoms with E-state index in [0.717, 1.165) is 40.7 Å². The molecular weight excluding hydrogens is 332 g/mol. The number of fused-ring (bicyclic) bond motifs is 3. The van der Waals surface area contributed by atoms with Crippen LogP contribution in [0.2, 0.25) is 0 Å². The van der Waals surface area contributed by atoms with Crippen LogP contribution in [-0.4, -0.2) is 0 Å². The molecule has 5 rings (SSSR count). The Morgan fingerprint density at radius 1 is 0.926 bits per heavy atom. The van der Waals surface area contributed by atoms with Gasteiger partial charge in [0, 0.05) is 11.5 Å². The summed E-state index contributed by atoms with van der Waals surface area (Å²) in [5.74, 6) is 0.884. The lowest BCUT2D eigenvalue weighted by Crippen LogP contribution is -2.23. The number of ether oxygens (including phenoxy) is 1. The lowest BCUT2D eigenvalue weighted by Gasteiger charge is -2.33. The molecule has 2 N–H and O–H groups in total. The smallest absolute Gasteiger partial charge is 0.205 e. The third-order valence-electron chi connectivity index (χ3n) is 5.56. The van der Waals surface area contributed by atoms with Crippen molar-refractivity contribution in [1.29, 1.82) is 5.26 Å². The molecule has 0 spiro atoms. The fourth-order valence-corrected chi connectivity index (χ4v) is 4.27. The summed E-state index contributed by atoms with van der Waals surface area (Å²) >= 11 is 0. The molecule has 3 aromatic carbocycles. The van der Waals surface area contributed by atoms with Gasteiger partial charge in [-0.25, -0.2) is 0 Å². The molecule has 0 amide bonds. The summed E-state index contributed by atoms with van der Waals surface area (Å²) in [7, 11) is 0. The maximum absolute atomic E-state index is 9.80. The lowest BCUT2D eigenvalue weighted by molar-refractivity contribution is 0.350. The molecule has 3 aromatic rings. The predicted octanol–water partition coefficient (Wildman–Crippen LogP) is 5.00. The number of nitrogens with two attached hydrogens (primary N) is 1. The molecule has 1 aliphatic heterocycles. The van der Waals surface area contributed by atoms with Gasteiger partial charge >= 0.3 is 0 Å². The summed E-state index contributed by atoms with van der Waals surface area (Å²) in [6, 6.07) is 25.2. The van der Waals surface area contributed by atoms with Crippen LogP contribution in [0, 0.1) is 11.3 Å². The molecular formula is C24H18N2O. The highest BCUT2D eigenvalue weighted by Crippen LogP contribution is 2.47. The summed E-state index contributed by atoms with van der Waals surface area (Å²) in [6.07, 6.45) is 1.81. The molecule has 1 atom stereocenters. The van der Waals surface area contributed by atoms with Gasteiger partial charge in [-0.05, 0) is 40.3 Å². The Morgan fingerprint density at radius 2 is 1.70 bits per heavy atom. The minimum Gasteiger partial charge on any atom is -0.440 e. The molecule has 1 heterocycles. The molecule has 0 saturated heterocycles. The Morgan fingerprint density at radius 3 is 2.56 bits per heavy atom. The zero-order valence-corrected chi connectivity index (χ0v) is 14.8. The van der Waals surface area contributed by atoms with Crippen molar-refractivity contribution in [2.24, 2.45) is 5.73 Å². The Labute approximate surface area is 158 Å². The fraction of sp³-hybridized carbons (Fsp3) is 0.125. The first-order chi connectivity index (χ1) is 13.3. The van der Waals surface area contributed by atoms with Gasteiger partial charge in [0.05, 0.1) is 0 Å². The zero-order chi connectivity index (χ0) is 18.4. The van der Waals surface area contributed by atoms with Crippen LogP contribution in [0.25, 0.3) is 16.5 Å². The van der Waals surface area contributed by atoms with Crippen molar-refractivity contribution < 1.29 is 4.74 Å². The minimum atomic E-state index is -0.156. The van der Waals surface area contributed by atoms with Crippen molar-refractivity contribution in [1.82, 2.24) is 0 Å². The van der Waals surface area contributed by atoms with Crippen molar-refractivity contribution in [3.63, 3.8) is 0 Å². The molecule has 0 bridgehead atoms. The van der Waals surface area contributed by atoms with Gasteiger partial charge in [0.1, 0.15) is 17.4 Å². The quantitative estimate of drug-likeness (QED) is 0.671. The summed E-state index contributed by atoms with van der Waals surface area (Å²) < 4.78 is 5.97. The van der Waals surface area contributed by atoms with Crippen molar-refractivity contribution in [3.05, 3.63) is 100 Å². The molecule has 27 heavy (non-hydrogen) atoms. The van der Waals surface area contributed by atoms with E-state index in [0.29, 0.717) is 5.57 Å². The molecule has 3 nitrogen and oxygen atoms in total. The number of hydrogen-bond donors (Lipinski definition) is 1. The van der Waals surface area contributed by atoms with Gasteiger partial charge in [0.25, 0.3) is 0 Å². The Bertz CT molecular complexity index is 1180. The van der Waals surface area contributed by atoms with Crippen molar-refractivity contribution in [3.8, 4) is 6.07 Å². The average molecular weight is 350 g/mol. The maximum atomic E-state index is 9.80. The van der Waals surface area contributed by atoms with Crippen LogP contribution >= 0.6 is 0 Å². The van der Waals surface area contributed by atoms with Gasteiger partial charge in [-0.2, -0.15) is 5.26 Å². The third-order valence-corrected chi connectivity index (χ3v) is 5.56. The van der Waals surface area contributed by atoms with Gasteiger partial charge in [-0.3, -0.25) is 0 Å². The largest absolute Gasteiger partial charge is 0.440 e. The number of aryl methyl sites for hydroxylation is 1. The monoisotopic (exact) mass is 350 g/mol. The van der Waals surface area contributed by atoms with Crippen LogP contribution in [0.15, 0.2) is 83.8 Å². The zero-order valence-electron chi connectivity index (χ0n) is 14.8. The number of allylic oxidation sites excluding steroid dienone is 2. The van der Waals surface area contributed by atoms with E-state index in [1.807, 2.05) is 24.3 Å². The summed E-state index contributed by atoms with van der Waals surface area (Å²) in [5, 5.41) is 12.2. The molecule has 0 radical (unpaired) electrons. The minimum absolute atomic E-state index is 0.156. The van der Waals surface area contributed by atoms with Crippen molar-refractivity contribution in [2.75, 3.05) is 0 Å². The van der Waals surface area contributed by atoms with E-state index in [1.165, 1.54) is 10.9 Å².